The minimum atomic E-state index is -0.914. The highest BCUT2D eigenvalue weighted by Gasteiger charge is 2.44. The van der Waals surface area contributed by atoms with Crippen molar-refractivity contribution in [1.82, 2.24) is 4.90 Å². The molecule has 5 heteroatoms. The predicted octanol–water partition coefficient (Wildman–Crippen LogP) is 2.47. The molecule has 2 atom stereocenters. The molecule has 21 heavy (non-hydrogen) atoms. The van der Waals surface area contributed by atoms with Crippen molar-refractivity contribution in [2.24, 2.45) is 5.92 Å². The first-order valence-corrected chi connectivity index (χ1v) is 7.24. The lowest BCUT2D eigenvalue weighted by molar-refractivity contribution is -0.142. The fraction of sp³-hybridized carbons (Fsp3) is 0.500. The Bertz CT molecular complexity index is 512. The normalized spacial score (nSPS) is 21.6. The summed E-state index contributed by atoms with van der Waals surface area (Å²) in [5, 5.41) is 9.40. The number of nitrogens with zero attached hydrogens (tertiary/aromatic N) is 1. The summed E-state index contributed by atoms with van der Waals surface area (Å²) in [6.07, 6.45) is 1.93. The molecule has 114 valence electrons. The number of carbonyl (C=O) groups excluding carboxylic acids is 1. The van der Waals surface area contributed by atoms with Crippen molar-refractivity contribution in [2.75, 3.05) is 13.7 Å². The second-order valence-corrected chi connectivity index (χ2v) is 5.31. The standard InChI is InChI=1S/C16H21NO4/c1-3-4-9-17-14(18)10-13(16(19)20)15(17)11-5-7-12(21-2)8-6-11/h5-8,13,15H,3-4,9-10H2,1-2H3,(H,19,20)/t13-,15+/m0/s1. The van der Waals surface area contributed by atoms with Gasteiger partial charge in [-0.2, -0.15) is 0 Å². The molecule has 1 fully saturated rings. The molecular formula is C16H21NO4. The number of rotatable bonds is 6. The van der Waals surface area contributed by atoms with E-state index in [2.05, 4.69) is 6.92 Å². The van der Waals surface area contributed by atoms with Gasteiger partial charge in [0.1, 0.15) is 5.75 Å². The fourth-order valence-electron chi connectivity index (χ4n) is 2.82. The van der Waals surface area contributed by atoms with Crippen molar-refractivity contribution in [3.05, 3.63) is 29.8 Å². The monoisotopic (exact) mass is 291 g/mol. The molecule has 1 N–H and O–H groups in total. The number of aliphatic carboxylic acids is 1. The number of carbonyl (C=O) groups is 2. The van der Waals surface area contributed by atoms with Gasteiger partial charge >= 0.3 is 5.97 Å². The quantitative estimate of drug-likeness (QED) is 0.874. The Balaban J connectivity index is 2.31. The van der Waals surface area contributed by atoms with Gasteiger partial charge in [-0.1, -0.05) is 25.5 Å². The van der Waals surface area contributed by atoms with E-state index in [1.165, 1.54) is 0 Å². The minimum Gasteiger partial charge on any atom is -0.497 e. The number of ether oxygens (including phenoxy) is 1. The van der Waals surface area contributed by atoms with E-state index in [9.17, 15) is 14.7 Å². The van der Waals surface area contributed by atoms with Crippen LogP contribution in [0.3, 0.4) is 0 Å². The van der Waals surface area contributed by atoms with Gasteiger partial charge in [-0.25, -0.2) is 0 Å². The van der Waals surface area contributed by atoms with E-state index in [0.29, 0.717) is 6.54 Å². The first kappa shape index (κ1) is 15.4. The lowest BCUT2D eigenvalue weighted by Gasteiger charge is -2.27. The molecule has 2 rings (SSSR count). The molecule has 0 radical (unpaired) electrons. The topological polar surface area (TPSA) is 66.8 Å². The number of unbranched alkanes of at least 4 members (excludes halogenated alkanes) is 1. The first-order valence-electron chi connectivity index (χ1n) is 7.24. The molecule has 1 aromatic carbocycles. The number of carboxylic acid groups (broad SMARTS) is 1. The van der Waals surface area contributed by atoms with Crippen molar-refractivity contribution in [3.63, 3.8) is 0 Å². The zero-order valence-electron chi connectivity index (χ0n) is 12.4. The van der Waals surface area contributed by atoms with Crippen LogP contribution in [0.25, 0.3) is 0 Å². The lowest BCUT2D eigenvalue weighted by atomic mass is 9.93. The molecule has 0 saturated carbocycles. The van der Waals surface area contributed by atoms with Crippen molar-refractivity contribution in [1.29, 1.82) is 0 Å². The molecule has 0 unspecified atom stereocenters. The third kappa shape index (κ3) is 3.17. The van der Waals surface area contributed by atoms with Crippen LogP contribution < -0.4 is 4.74 Å². The van der Waals surface area contributed by atoms with Crippen LogP contribution in [0.1, 0.15) is 37.8 Å². The maximum atomic E-state index is 12.1. The van der Waals surface area contributed by atoms with E-state index >= 15 is 0 Å². The van der Waals surface area contributed by atoms with Gasteiger partial charge in [-0.15, -0.1) is 0 Å². The number of methoxy groups -OCH3 is 1. The average molecular weight is 291 g/mol. The van der Waals surface area contributed by atoms with Crippen LogP contribution in [0.5, 0.6) is 5.75 Å². The SMILES string of the molecule is CCCCN1C(=O)C[C@H](C(=O)O)[C@H]1c1ccc(OC)cc1. The number of likely N-dealkylation sites (tertiary alicyclic amines) is 1. The maximum absolute atomic E-state index is 12.1. The Morgan fingerprint density at radius 3 is 2.57 bits per heavy atom. The summed E-state index contributed by atoms with van der Waals surface area (Å²) < 4.78 is 5.12. The van der Waals surface area contributed by atoms with E-state index in [1.54, 1.807) is 24.1 Å². The van der Waals surface area contributed by atoms with E-state index in [4.69, 9.17) is 4.74 Å². The predicted molar refractivity (Wildman–Crippen MR) is 78.1 cm³/mol. The molecule has 1 aliphatic rings. The fourth-order valence-corrected chi connectivity index (χ4v) is 2.82. The summed E-state index contributed by atoms with van der Waals surface area (Å²) >= 11 is 0. The Kier molecular flexibility index (Phi) is 4.83. The minimum absolute atomic E-state index is 0.0725. The number of hydrogen-bond acceptors (Lipinski definition) is 3. The number of carboxylic acids is 1. The summed E-state index contributed by atoms with van der Waals surface area (Å²) in [5.74, 6) is -0.947. The molecule has 0 bridgehead atoms. The van der Waals surface area contributed by atoms with Gasteiger partial charge in [0, 0.05) is 13.0 Å². The van der Waals surface area contributed by atoms with E-state index < -0.39 is 11.9 Å². The third-order valence-electron chi connectivity index (χ3n) is 3.96. The van der Waals surface area contributed by atoms with Crippen molar-refractivity contribution < 1.29 is 19.4 Å². The Morgan fingerprint density at radius 1 is 1.38 bits per heavy atom. The van der Waals surface area contributed by atoms with Gasteiger partial charge in [-0.3, -0.25) is 9.59 Å². The van der Waals surface area contributed by atoms with Gasteiger partial charge < -0.3 is 14.7 Å². The van der Waals surface area contributed by atoms with Crippen molar-refractivity contribution in [2.45, 2.75) is 32.2 Å². The summed E-state index contributed by atoms with van der Waals surface area (Å²) in [7, 11) is 1.59. The summed E-state index contributed by atoms with van der Waals surface area (Å²) in [6, 6.07) is 6.91. The second-order valence-electron chi connectivity index (χ2n) is 5.31. The molecule has 1 aliphatic heterocycles. The lowest BCUT2D eigenvalue weighted by Crippen LogP contribution is -2.31. The molecule has 0 spiro atoms. The molecule has 1 heterocycles. The third-order valence-corrected chi connectivity index (χ3v) is 3.96. The smallest absolute Gasteiger partial charge is 0.309 e. The highest BCUT2D eigenvalue weighted by Crippen LogP contribution is 2.38. The van der Waals surface area contributed by atoms with E-state index in [-0.39, 0.29) is 18.4 Å². The van der Waals surface area contributed by atoms with Crippen LogP contribution in [0, 0.1) is 5.92 Å². The van der Waals surface area contributed by atoms with Gasteiger partial charge in [0.2, 0.25) is 5.91 Å². The summed E-state index contributed by atoms with van der Waals surface area (Å²) in [6.45, 7) is 2.66. The largest absolute Gasteiger partial charge is 0.497 e. The molecule has 1 saturated heterocycles. The molecule has 5 nitrogen and oxygen atoms in total. The van der Waals surface area contributed by atoms with Gasteiger partial charge in [-0.05, 0) is 24.1 Å². The maximum Gasteiger partial charge on any atom is 0.309 e. The molecule has 1 aromatic rings. The summed E-state index contributed by atoms with van der Waals surface area (Å²) in [5.41, 5.74) is 0.852. The van der Waals surface area contributed by atoms with E-state index in [0.717, 1.165) is 24.2 Å². The number of amides is 1. The number of hydrogen-bond donors (Lipinski definition) is 1. The van der Waals surface area contributed by atoms with Crippen molar-refractivity contribution in [3.8, 4) is 5.75 Å². The Labute approximate surface area is 124 Å². The summed E-state index contributed by atoms with van der Waals surface area (Å²) in [4.78, 5) is 25.3. The molecular weight excluding hydrogens is 270 g/mol. The van der Waals surface area contributed by atoms with Crippen molar-refractivity contribution >= 4 is 11.9 Å². The van der Waals surface area contributed by atoms with Gasteiger partial charge in [0.25, 0.3) is 0 Å². The van der Waals surface area contributed by atoms with E-state index in [1.807, 2.05) is 12.1 Å². The average Bonchev–Trinajstić information content (AvgIpc) is 2.82. The molecule has 0 aliphatic carbocycles. The zero-order valence-corrected chi connectivity index (χ0v) is 12.4. The van der Waals surface area contributed by atoms with Crippen LogP contribution in [0.2, 0.25) is 0 Å². The first-order chi connectivity index (χ1) is 10.1. The highest BCUT2D eigenvalue weighted by molar-refractivity contribution is 5.87. The van der Waals surface area contributed by atoms with Crippen LogP contribution in [0.15, 0.2) is 24.3 Å². The molecule has 0 aromatic heterocycles. The second kappa shape index (κ2) is 6.61. The zero-order chi connectivity index (χ0) is 15.4. The Hall–Kier alpha value is -2.04. The van der Waals surface area contributed by atoms with Crippen LogP contribution in [-0.2, 0) is 9.59 Å². The molecule has 1 amide bonds. The van der Waals surface area contributed by atoms with Crippen LogP contribution >= 0.6 is 0 Å². The van der Waals surface area contributed by atoms with Crippen LogP contribution in [0.4, 0.5) is 0 Å². The highest BCUT2D eigenvalue weighted by atomic mass is 16.5. The van der Waals surface area contributed by atoms with Crippen LogP contribution in [-0.4, -0.2) is 35.5 Å². The number of benzene rings is 1. The Morgan fingerprint density at radius 2 is 2.05 bits per heavy atom. The van der Waals surface area contributed by atoms with Gasteiger partial charge in [0.15, 0.2) is 0 Å². The van der Waals surface area contributed by atoms with Gasteiger partial charge in [0.05, 0.1) is 19.1 Å².